The second kappa shape index (κ2) is 7.26. The van der Waals surface area contributed by atoms with Gasteiger partial charge in [-0.25, -0.2) is 15.0 Å². The summed E-state index contributed by atoms with van der Waals surface area (Å²) in [5.41, 5.74) is 4.00. The highest BCUT2D eigenvalue weighted by Gasteiger charge is 2.12. The Labute approximate surface area is 163 Å². The third kappa shape index (κ3) is 3.38. The molecule has 4 rings (SSSR count). The van der Waals surface area contributed by atoms with Gasteiger partial charge in [-0.3, -0.25) is 4.68 Å². The number of aryl methyl sites for hydroxylation is 1. The fourth-order valence-corrected chi connectivity index (χ4v) is 3.20. The van der Waals surface area contributed by atoms with Crippen molar-refractivity contribution in [3.8, 4) is 16.9 Å². The highest BCUT2D eigenvalue weighted by atomic mass is 16.5. The number of methoxy groups -OCH3 is 1. The molecule has 142 valence electrons. The fourth-order valence-electron chi connectivity index (χ4n) is 3.20. The minimum Gasteiger partial charge on any atom is -0.496 e. The molecule has 0 aliphatic heterocycles. The molecule has 0 unspecified atom stereocenters. The minimum atomic E-state index is 0.578. The third-order valence-electron chi connectivity index (χ3n) is 4.63. The molecule has 0 bridgehead atoms. The molecule has 28 heavy (non-hydrogen) atoms. The van der Waals surface area contributed by atoms with Crippen LogP contribution in [0.2, 0.25) is 0 Å². The van der Waals surface area contributed by atoms with Crippen LogP contribution in [-0.2, 0) is 13.5 Å². The number of aromatic nitrogens is 5. The van der Waals surface area contributed by atoms with Gasteiger partial charge < -0.3 is 9.64 Å². The second-order valence-electron chi connectivity index (χ2n) is 6.86. The fraction of sp³-hybridized carbons (Fsp3) is 0.238. The van der Waals surface area contributed by atoms with Gasteiger partial charge in [0, 0.05) is 62.7 Å². The molecule has 0 atom stereocenters. The smallest absolute Gasteiger partial charge is 0.154 e. The van der Waals surface area contributed by atoms with Crippen molar-refractivity contribution in [2.24, 2.45) is 7.05 Å². The third-order valence-corrected chi connectivity index (χ3v) is 4.63. The molecule has 1 aromatic carbocycles. The first-order chi connectivity index (χ1) is 13.5. The predicted molar refractivity (Wildman–Crippen MR) is 110 cm³/mol. The number of benzene rings is 1. The number of pyridine rings is 1. The molecule has 7 nitrogen and oxygen atoms in total. The molecular formula is C21H22N6O. The van der Waals surface area contributed by atoms with E-state index in [2.05, 4.69) is 27.2 Å². The van der Waals surface area contributed by atoms with Gasteiger partial charge in [-0.15, -0.1) is 0 Å². The van der Waals surface area contributed by atoms with Crippen LogP contribution in [0.1, 0.15) is 11.4 Å². The molecule has 7 heteroatoms. The lowest BCUT2D eigenvalue weighted by atomic mass is 10.0. The van der Waals surface area contributed by atoms with Gasteiger partial charge >= 0.3 is 0 Å². The number of anilines is 1. The summed E-state index contributed by atoms with van der Waals surface area (Å²) in [7, 11) is 7.51. The Bertz CT molecular complexity index is 1130. The van der Waals surface area contributed by atoms with E-state index in [0.717, 1.165) is 45.0 Å². The standard InChI is InChI=1S/C21H22N6O/c1-26(2)21-20-16(7-8-22-21)11-23-19(25-20)10-15-6-5-14(9-18(15)28-4)17-12-24-27(3)13-17/h5-9,11-13H,10H2,1-4H3. The van der Waals surface area contributed by atoms with E-state index in [-0.39, 0.29) is 0 Å². The summed E-state index contributed by atoms with van der Waals surface area (Å²) in [5.74, 6) is 2.38. The normalized spacial score (nSPS) is 11.0. The zero-order chi connectivity index (χ0) is 19.7. The molecule has 0 amide bonds. The zero-order valence-electron chi connectivity index (χ0n) is 16.4. The number of hydrogen-bond donors (Lipinski definition) is 0. The first-order valence-electron chi connectivity index (χ1n) is 8.99. The summed E-state index contributed by atoms with van der Waals surface area (Å²) >= 11 is 0. The van der Waals surface area contributed by atoms with E-state index in [1.54, 1.807) is 18.0 Å². The quantitative estimate of drug-likeness (QED) is 0.535. The van der Waals surface area contributed by atoms with Gasteiger partial charge in [0.05, 0.1) is 13.3 Å². The lowest BCUT2D eigenvalue weighted by molar-refractivity contribution is 0.410. The highest BCUT2D eigenvalue weighted by molar-refractivity contribution is 5.87. The van der Waals surface area contributed by atoms with Gasteiger partial charge in [0.2, 0.25) is 0 Å². The SMILES string of the molecule is COc1cc(-c2cnn(C)c2)ccc1Cc1ncc2ccnc(N(C)C)c2n1. The van der Waals surface area contributed by atoms with Gasteiger partial charge in [-0.2, -0.15) is 5.10 Å². The number of ether oxygens (including phenoxy) is 1. The molecule has 0 N–H and O–H groups in total. The average molecular weight is 374 g/mol. The molecule has 0 aliphatic carbocycles. The Morgan fingerprint density at radius 1 is 1.07 bits per heavy atom. The van der Waals surface area contributed by atoms with E-state index in [1.807, 2.05) is 56.8 Å². The summed E-state index contributed by atoms with van der Waals surface area (Å²) in [6.07, 6.45) is 8.03. The van der Waals surface area contributed by atoms with Crippen molar-refractivity contribution in [2.75, 3.05) is 26.1 Å². The maximum Gasteiger partial charge on any atom is 0.154 e. The van der Waals surface area contributed by atoms with Crippen molar-refractivity contribution >= 4 is 16.7 Å². The first kappa shape index (κ1) is 17.9. The molecule has 0 saturated carbocycles. The topological polar surface area (TPSA) is 69.0 Å². The van der Waals surface area contributed by atoms with Crippen molar-refractivity contribution in [2.45, 2.75) is 6.42 Å². The molecule has 0 spiro atoms. The largest absolute Gasteiger partial charge is 0.496 e. The number of rotatable bonds is 5. The summed E-state index contributed by atoms with van der Waals surface area (Å²) in [5, 5.41) is 5.21. The highest BCUT2D eigenvalue weighted by Crippen LogP contribution is 2.29. The molecule has 0 aliphatic rings. The Balaban J connectivity index is 1.69. The van der Waals surface area contributed by atoms with Gasteiger partial charge in [0.1, 0.15) is 17.1 Å². The van der Waals surface area contributed by atoms with Crippen LogP contribution in [0.5, 0.6) is 5.75 Å². The van der Waals surface area contributed by atoms with E-state index in [1.165, 1.54) is 0 Å². The Kier molecular flexibility index (Phi) is 4.65. The van der Waals surface area contributed by atoms with E-state index < -0.39 is 0 Å². The van der Waals surface area contributed by atoms with Crippen molar-refractivity contribution in [3.05, 3.63) is 60.4 Å². The molecule has 3 heterocycles. The summed E-state index contributed by atoms with van der Waals surface area (Å²) < 4.78 is 7.42. The van der Waals surface area contributed by atoms with Gasteiger partial charge in [0.15, 0.2) is 5.82 Å². The summed E-state index contributed by atoms with van der Waals surface area (Å²) in [6, 6.07) is 8.09. The van der Waals surface area contributed by atoms with Crippen molar-refractivity contribution in [1.29, 1.82) is 0 Å². The van der Waals surface area contributed by atoms with Gasteiger partial charge in [-0.05, 0) is 17.7 Å². The Hall–Kier alpha value is -3.48. The number of nitrogens with zero attached hydrogens (tertiary/aromatic N) is 6. The number of hydrogen-bond acceptors (Lipinski definition) is 6. The van der Waals surface area contributed by atoms with Crippen molar-refractivity contribution in [3.63, 3.8) is 0 Å². The van der Waals surface area contributed by atoms with Crippen LogP contribution in [0, 0.1) is 0 Å². The van der Waals surface area contributed by atoms with Crippen LogP contribution in [-0.4, -0.2) is 45.9 Å². The second-order valence-corrected chi connectivity index (χ2v) is 6.86. The molecule has 0 saturated heterocycles. The Morgan fingerprint density at radius 2 is 1.93 bits per heavy atom. The van der Waals surface area contributed by atoms with Crippen molar-refractivity contribution in [1.82, 2.24) is 24.7 Å². The molecule has 3 aromatic heterocycles. The summed E-state index contributed by atoms with van der Waals surface area (Å²) in [6.45, 7) is 0. The average Bonchev–Trinajstić information content (AvgIpc) is 3.14. The van der Waals surface area contributed by atoms with Crippen LogP contribution in [0.3, 0.4) is 0 Å². The van der Waals surface area contributed by atoms with E-state index in [0.29, 0.717) is 6.42 Å². The predicted octanol–water partition coefficient (Wildman–Crippen LogP) is 3.09. The monoisotopic (exact) mass is 374 g/mol. The minimum absolute atomic E-state index is 0.578. The number of fused-ring (bicyclic) bond motifs is 1. The van der Waals surface area contributed by atoms with Crippen LogP contribution >= 0.6 is 0 Å². The van der Waals surface area contributed by atoms with Gasteiger partial charge in [0.25, 0.3) is 0 Å². The van der Waals surface area contributed by atoms with E-state index in [4.69, 9.17) is 9.72 Å². The summed E-state index contributed by atoms with van der Waals surface area (Å²) in [4.78, 5) is 15.7. The van der Waals surface area contributed by atoms with Crippen LogP contribution < -0.4 is 9.64 Å². The maximum absolute atomic E-state index is 5.63. The molecule has 0 radical (unpaired) electrons. The van der Waals surface area contributed by atoms with Gasteiger partial charge in [-0.1, -0.05) is 12.1 Å². The van der Waals surface area contributed by atoms with Crippen molar-refractivity contribution < 1.29 is 4.74 Å². The molecule has 0 fully saturated rings. The van der Waals surface area contributed by atoms with Crippen LogP contribution in [0.25, 0.3) is 22.0 Å². The van der Waals surface area contributed by atoms with E-state index >= 15 is 0 Å². The molecular weight excluding hydrogens is 352 g/mol. The first-order valence-corrected chi connectivity index (χ1v) is 8.99. The van der Waals surface area contributed by atoms with E-state index in [9.17, 15) is 0 Å². The van der Waals surface area contributed by atoms with Crippen LogP contribution in [0.4, 0.5) is 5.82 Å². The lowest BCUT2D eigenvalue weighted by Crippen LogP contribution is -2.12. The lowest BCUT2D eigenvalue weighted by Gasteiger charge is -2.14. The zero-order valence-corrected chi connectivity index (χ0v) is 16.4. The Morgan fingerprint density at radius 3 is 2.64 bits per heavy atom. The van der Waals surface area contributed by atoms with Crippen LogP contribution in [0.15, 0.2) is 49.1 Å². The maximum atomic E-state index is 5.63. The molecule has 4 aromatic rings.